The molecular weight excluding hydrogens is 274 g/mol. The highest BCUT2D eigenvalue weighted by molar-refractivity contribution is 7.13. The predicted molar refractivity (Wildman–Crippen MR) is 80.0 cm³/mol. The Kier molecular flexibility index (Phi) is 4.47. The lowest BCUT2D eigenvalue weighted by Gasteiger charge is -2.15. The molecule has 0 bridgehead atoms. The molecule has 1 N–H and O–H groups in total. The molecule has 6 heteroatoms. The van der Waals surface area contributed by atoms with Gasteiger partial charge in [0.15, 0.2) is 5.13 Å². The molecular formula is C14H15N3O2S. The monoisotopic (exact) mass is 289 g/mol. The first-order chi connectivity index (χ1) is 9.56. The third kappa shape index (κ3) is 3.64. The van der Waals surface area contributed by atoms with Gasteiger partial charge in [-0.05, 0) is 17.7 Å². The summed E-state index contributed by atoms with van der Waals surface area (Å²) in [5.41, 5.74) is 1.70. The fourth-order valence-corrected chi connectivity index (χ4v) is 2.20. The molecule has 1 heterocycles. The molecule has 2 amide bonds. The van der Waals surface area contributed by atoms with E-state index in [4.69, 9.17) is 0 Å². The first-order valence-electron chi connectivity index (χ1n) is 6.09. The Bertz CT molecular complexity index is 593. The minimum Gasteiger partial charge on any atom is -0.316 e. The number of anilines is 2. The number of rotatable bonds is 4. The normalized spacial score (nSPS) is 10.1. The first kappa shape index (κ1) is 14.2. The summed E-state index contributed by atoms with van der Waals surface area (Å²) in [6, 6.07) is 7.34. The molecule has 0 saturated carbocycles. The Hall–Kier alpha value is -2.21. The molecule has 0 aliphatic rings. The van der Waals surface area contributed by atoms with E-state index in [1.165, 1.54) is 18.3 Å². The number of aromatic nitrogens is 1. The zero-order valence-electron chi connectivity index (χ0n) is 11.3. The second kappa shape index (κ2) is 6.29. The highest BCUT2D eigenvalue weighted by Gasteiger charge is 2.08. The maximum atomic E-state index is 11.8. The van der Waals surface area contributed by atoms with Crippen LogP contribution in [0.25, 0.3) is 0 Å². The van der Waals surface area contributed by atoms with Crippen LogP contribution in [0.3, 0.4) is 0 Å². The van der Waals surface area contributed by atoms with Crippen LogP contribution in [-0.2, 0) is 16.0 Å². The van der Waals surface area contributed by atoms with Gasteiger partial charge in [-0.15, -0.1) is 11.3 Å². The van der Waals surface area contributed by atoms with Crippen LogP contribution in [-0.4, -0.2) is 23.8 Å². The number of thiazole rings is 1. The molecule has 0 unspecified atom stereocenters. The molecule has 2 aromatic rings. The number of carbonyl (C=O) groups excluding carboxylic acids is 2. The summed E-state index contributed by atoms with van der Waals surface area (Å²) in [7, 11) is 1.71. The van der Waals surface area contributed by atoms with E-state index in [1.807, 2.05) is 29.6 Å². The van der Waals surface area contributed by atoms with Crippen molar-refractivity contribution in [3.8, 4) is 0 Å². The highest BCUT2D eigenvalue weighted by atomic mass is 32.1. The number of nitrogens with zero attached hydrogens (tertiary/aromatic N) is 2. The number of benzene rings is 1. The molecule has 20 heavy (non-hydrogen) atoms. The van der Waals surface area contributed by atoms with Crippen LogP contribution in [0.1, 0.15) is 12.5 Å². The molecule has 0 aliphatic carbocycles. The van der Waals surface area contributed by atoms with Gasteiger partial charge in [0.25, 0.3) is 0 Å². The van der Waals surface area contributed by atoms with E-state index in [0.717, 1.165) is 11.3 Å². The van der Waals surface area contributed by atoms with Crippen molar-refractivity contribution in [3.63, 3.8) is 0 Å². The number of amides is 2. The van der Waals surface area contributed by atoms with Crippen molar-refractivity contribution in [2.24, 2.45) is 0 Å². The van der Waals surface area contributed by atoms with E-state index >= 15 is 0 Å². The number of carbonyl (C=O) groups is 2. The lowest BCUT2D eigenvalue weighted by molar-refractivity contribution is -0.116. The Labute approximate surface area is 121 Å². The van der Waals surface area contributed by atoms with E-state index < -0.39 is 0 Å². The zero-order chi connectivity index (χ0) is 14.5. The maximum Gasteiger partial charge on any atom is 0.230 e. The van der Waals surface area contributed by atoms with Crippen LogP contribution in [0.5, 0.6) is 0 Å². The molecule has 0 atom stereocenters. The van der Waals surface area contributed by atoms with E-state index in [9.17, 15) is 9.59 Å². The maximum absolute atomic E-state index is 11.8. The van der Waals surface area contributed by atoms with Gasteiger partial charge in [0.05, 0.1) is 6.42 Å². The lowest BCUT2D eigenvalue weighted by atomic mass is 10.1. The molecule has 1 aromatic carbocycles. The van der Waals surface area contributed by atoms with Crippen molar-refractivity contribution < 1.29 is 9.59 Å². The van der Waals surface area contributed by atoms with Crippen LogP contribution in [0, 0.1) is 0 Å². The third-order valence-corrected chi connectivity index (χ3v) is 3.53. The quantitative estimate of drug-likeness (QED) is 0.939. The molecule has 2 rings (SSSR count). The fourth-order valence-electron chi connectivity index (χ4n) is 1.65. The summed E-state index contributed by atoms with van der Waals surface area (Å²) in [6.45, 7) is 1.51. The highest BCUT2D eigenvalue weighted by Crippen LogP contribution is 2.15. The van der Waals surface area contributed by atoms with E-state index in [2.05, 4.69) is 10.3 Å². The Balaban J connectivity index is 1.96. The molecule has 5 nitrogen and oxygen atoms in total. The SMILES string of the molecule is CC(=O)N(C)c1ccc(CC(=O)Nc2nccs2)cc1. The molecule has 0 aliphatic heterocycles. The van der Waals surface area contributed by atoms with Gasteiger partial charge in [-0.2, -0.15) is 0 Å². The second-order valence-electron chi connectivity index (χ2n) is 4.31. The van der Waals surface area contributed by atoms with Gasteiger partial charge in [0, 0.05) is 31.2 Å². The van der Waals surface area contributed by atoms with Crippen molar-refractivity contribution in [3.05, 3.63) is 41.4 Å². The number of hydrogen-bond acceptors (Lipinski definition) is 4. The van der Waals surface area contributed by atoms with Crippen molar-refractivity contribution >= 4 is 34.0 Å². The van der Waals surface area contributed by atoms with Gasteiger partial charge in [-0.3, -0.25) is 9.59 Å². The average Bonchev–Trinajstić information content (AvgIpc) is 2.91. The summed E-state index contributed by atoms with van der Waals surface area (Å²) in [4.78, 5) is 28.6. The smallest absolute Gasteiger partial charge is 0.230 e. The topological polar surface area (TPSA) is 62.3 Å². The standard InChI is InChI=1S/C14H15N3O2S/c1-10(18)17(2)12-5-3-11(4-6-12)9-13(19)16-14-15-7-8-20-14/h3-8H,9H2,1-2H3,(H,15,16,19). The van der Waals surface area contributed by atoms with Crippen LogP contribution in [0.2, 0.25) is 0 Å². The molecule has 0 fully saturated rings. The Morgan fingerprint density at radius 2 is 2.00 bits per heavy atom. The van der Waals surface area contributed by atoms with E-state index in [1.54, 1.807) is 18.1 Å². The summed E-state index contributed by atoms with van der Waals surface area (Å²) in [6.07, 6.45) is 1.93. The second-order valence-corrected chi connectivity index (χ2v) is 5.20. The molecule has 0 radical (unpaired) electrons. The third-order valence-electron chi connectivity index (χ3n) is 2.84. The van der Waals surface area contributed by atoms with Crippen molar-refractivity contribution in [2.45, 2.75) is 13.3 Å². The van der Waals surface area contributed by atoms with Gasteiger partial charge >= 0.3 is 0 Å². The molecule has 1 aromatic heterocycles. The van der Waals surface area contributed by atoms with Crippen molar-refractivity contribution in [1.82, 2.24) is 4.98 Å². The number of nitrogens with one attached hydrogen (secondary N) is 1. The van der Waals surface area contributed by atoms with Crippen molar-refractivity contribution in [2.75, 3.05) is 17.3 Å². The largest absolute Gasteiger partial charge is 0.316 e. The van der Waals surface area contributed by atoms with Crippen LogP contribution >= 0.6 is 11.3 Å². The Morgan fingerprint density at radius 3 is 2.55 bits per heavy atom. The first-order valence-corrected chi connectivity index (χ1v) is 6.97. The van der Waals surface area contributed by atoms with Gasteiger partial charge in [0.1, 0.15) is 0 Å². The zero-order valence-corrected chi connectivity index (χ0v) is 12.1. The van der Waals surface area contributed by atoms with Crippen LogP contribution in [0.15, 0.2) is 35.8 Å². The summed E-state index contributed by atoms with van der Waals surface area (Å²) < 4.78 is 0. The van der Waals surface area contributed by atoms with Crippen LogP contribution < -0.4 is 10.2 Å². The van der Waals surface area contributed by atoms with Crippen LogP contribution in [0.4, 0.5) is 10.8 Å². The fraction of sp³-hybridized carbons (Fsp3) is 0.214. The van der Waals surface area contributed by atoms with E-state index in [0.29, 0.717) is 5.13 Å². The average molecular weight is 289 g/mol. The number of hydrogen-bond donors (Lipinski definition) is 1. The molecule has 0 saturated heterocycles. The van der Waals surface area contributed by atoms with Crippen molar-refractivity contribution in [1.29, 1.82) is 0 Å². The summed E-state index contributed by atoms with van der Waals surface area (Å²) in [5, 5.41) is 5.14. The predicted octanol–water partition coefficient (Wildman–Crippen LogP) is 2.31. The Morgan fingerprint density at radius 1 is 1.30 bits per heavy atom. The van der Waals surface area contributed by atoms with Gasteiger partial charge in [0.2, 0.25) is 11.8 Å². The minimum absolute atomic E-state index is 0.0285. The summed E-state index contributed by atoms with van der Waals surface area (Å²) >= 11 is 1.38. The molecule has 104 valence electrons. The summed E-state index contributed by atoms with van der Waals surface area (Å²) in [5.74, 6) is -0.133. The van der Waals surface area contributed by atoms with Gasteiger partial charge in [-0.1, -0.05) is 12.1 Å². The van der Waals surface area contributed by atoms with E-state index in [-0.39, 0.29) is 18.2 Å². The molecule has 0 spiro atoms. The van der Waals surface area contributed by atoms with Gasteiger partial charge in [-0.25, -0.2) is 4.98 Å². The lowest BCUT2D eigenvalue weighted by Crippen LogP contribution is -2.22. The van der Waals surface area contributed by atoms with Gasteiger partial charge < -0.3 is 10.2 Å². The minimum atomic E-state index is -0.104.